The number of hydrogen-bond acceptors (Lipinski definition) is 7. The second kappa shape index (κ2) is 5.58. The second-order valence-electron chi connectivity index (χ2n) is 7.55. The number of thioether (sulfide) groups is 1. The van der Waals surface area contributed by atoms with Crippen molar-refractivity contribution in [2.24, 2.45) is 0 Å². The molecule has 1 aromatic carbocycles. The lowest BCUT2D eigenvalue weighted by molar-refractivity contribution is -0.157. The summed E-state index contributed by atoms with van der Waals surface area (Å²) in [4.78, 5) is 29.9. The number of rotatable bonds is 0. The number of anilines is 1. The maximum atomic E-state index is 15.1. The van der Waals surface area contributed by atoms with Crippen molar-refractivity contribution in [2.45, 2.75) is 30.1 Å². The van der Waals surface area contributed by atoms with E-state index in [-0.39, 0.29) is 41.1 Å². The zero-order valence-corrected chi connectivity index (χ0v) is 16.1. The Bertz CT molecular complexity index is 1390. The van der Waals surface area contributed by atoms with E-state index in [2.05, 4.69) is 4.98 Å². The van der Waals surface area contributed by atoms with Gasteiger partial charge in [0.25, 0.3) is 11.5 Å². The Kier molecular flexibility index (Phi) is 3.32. The summed E-state index contributed by atoms with van der Waals surface area (Å²) in [5, 5.41) is 10.5. The van der Waals surface area contributed by atoms with Crippen LogP contribution in [-0.4, -0.2) is 26.4 Å². The van der Waals surface area contributed by atoms with Crippen LogP contribution in [-0.2, 0) is 28.6 Å². The lowest BCUT2D eigenvalue weighted by atomic mass is 9.95. The Hall–Kier alpha value is -2.98. The third-order valence-electron chi connectivity index (χ3n) is 5.87. The van der Waals surface area contributed by atoms with Crippen molar-refractivity contribution >= 4 is 34.3 Å². The summed E-state index contributed by atoms with van der Waals surface area (Å²) in [7, 11) is 0. The fourth-order valence-electron chi connectivity index (χ4n) is 4.50. The van der Waals surface area contributed by atoms with Crippen LogP contribution in [0.15, 0.2) is 27.9 Å². The maximum Gasteiger partial charge on any atom is 0.340 e. The Morgan fingerprint density at radius 3 is 2.90 bits per heavy atom. The molecule has 0 fully saturated rings. The van der Waals surface area contributed by atoms with Gasteiger partial charge in [-0.25, -0.2) is 18.6 Å². The number of ether oxygens (including phenoxy) is 1. The Labute approximate surface area is 171 Å². The van der Waals surface area contributed by atoms with Crippen LogP contribution < -0.4 is 11.3 Å². The molecule has 1 atom stereocenters. The number of aliphatic hydroxyl groups excluding tert-OH is 1. The normalized spacial score (nSPS) is 20.5. The summed E-state index contributed by atoms with van der Waals surface area (Å²) in [6.07, 6.45) is -1.60. The molecule has 0 aliphatic carbocycles. The third kappa shape index (κ3) is 2.09. The highest BCUT2D eigenvalue weighted by molar-refractivity contribution is 7.99. The number of fused-ring (bicyclic) bond motifs is 5. The Balaban J connectivity index is 1.71. The van der Waals surface area contributed by atoms with Crippen LogP contribution in [0.1, 0.15) is 28.4 Å². The van der Waals surface area contributed by atoms with Crippen LogP contribution in [0, 0.1) is 0 Å². The van der Waals surface area contributed by atoms with E-state index in [0.717, 1.165) is 11.8 Å². The fraction of sp³-hybridized carbons (Fsp3) is 0.250. The highest BCUT2D eigenvalue weighted by Gasteiger charge is 2.44. The van der Waals surface area contributed by atoms with Crippen molar-refractivity contribution in [1.82, 2.24) is 9.55 Å². The molecule has 10 heteroatoms. The minimum Gasteiger partial charge on any atom is -0.458 e. The average molecular weight is 429 g/mol. The first-order chi connectivity index (χ1) is 14.3. The number of aromatic nitrogens is 2. The number of carbonyl (C=O) groups is 1. The van der Waals surface area contributed by atoms with Crippen molar-refractivity contribution in [3.8, 4) is 11.4 Å². The summed E-state index contributed by atoms with van der Waals surface area (Å²) in [5.74, 6) is -4.43. The molecule has 0 bridgehead atoms. The first-order valence-corrected chi connectivity index (χ1v) is 10.1. The van der Waals surface area contributed by atoms with Gasteiger partial charge < -0.3 is 20.1 Å². The maximum absolute atomic E-state index is 15.1. The number of hydrogen-bond donors (Lipinski definition) is 2. The number of halogens is 2. The topological polar surface area (TPSA) is 107 Å². The number of aliphatic hydroxyl groups is 1. The molecule has 0 radical (unpaired) electrons. The molecular formula is C20H13F2N3O4S. The van der Waals surface area contributed by atoms with Crippen molar-refractivity contribution in [3.63, 3.8) is 0 Å². The zero-order valence-electron chi connectivity index (χ0n) is 15.2. The van der Waals surface area contributed by atoms with E-state index in [0.29, 0.717) is 27.2 Å². The predicted molar refractivity (Wildman–Crippen MR) is 104 cm³/mol. The first-order valence-electron chi connectivity index (χ1n) is 9.16. The van der Waals surface area contributed by atoms with Gasteiger partial charge in [-0.05, 0) is 18.2 Å². The molecule has 6 rings (SSSR count). The highest BCUT2D eigenvalue weighted by Crippen LogP contribution is 2.52. The lowest BCUT2D eigenvalue weighted by Gasteiger charge is -2.27. The monoisotopic (exact) mass is 429 g/mol. The number of esters is 1. The summed E-state index contributed by atoms with van der Waals surface area (Å²) in [6.45, 7) is -0.343. The van der Waals surface area contributed by atoms with E-state index < -0.39 is 29.3 Å². The van der Waals surface area contributed by atoms with E-state index >= 15 is 8.78 Å². The molecule has 3 aromatic rings. The first kappa shape index (κ1) is 17.8. The molecule has 7 nitrogen and oxygen atoms in total. The van der Waals surface area contributed by atoms with Crippen LogP contribution >= 0.6 is 11.8 Å². The molecule has 152 valence electrons. The van der Waals surface area contributed by atoms with Crippen molar-refractivity contribution in [3.05, 3.63) is 50.8 Å². The zero-order chi connectivity index (χ0) is 20.9. The summed E-state index contributed by atoms with van der Waals surface area (Å²) < 4.78 is 36.4. The van der Waals surface area contributed by atoms with Gasteiger partial charge in [0.15, 0.2) is 6.10 Å². The molecular weight excluding hydrogens is 416 g/mol. The van der Waals surface area contributed by atoms with Gasteiger partial charge in [0.1, 0.15) is 6.61 Å². The van der Waals surface area contributed by atoms with Gasteiger partial charge >= 0.3 is 5.97 Å². The molecule has 1 unspecified atom stereocenters. The molecule has 3 N–H and O–H groups in total. The molecule has 0 saturated carbocycles. The fourth-order valence-corrected chi connectivity index (χ4v) is 5.55. The molecule has 0 spiro atoms. The number of benzene rings is 1. The second-order valence-corrected chi connectivity index (χ2v) is 8.54. The molecule has 0 amide bonds. The van der Waals surface area contributed by atoms with E-state index in [4.69, 9.17) is 10.5 Å². The van der Waals surface area contributed by atoms with Gasteiger partial charge in [0.05, 0.1) is 34.8 Å². The van der Waals surface area contributed by atoms with Crippen molar-refractivity contribution in [2.75, 3.05) is 11.5 Å². The van der Waals surface area contributed by atoms with Crippen molar-refractivity contribution < 1.29 is 23.4 Å². The standard InChI is InChI=1S/C20H13F2N3O4S/c21-20(22)6-30-17-10(23)1-2-11-13(17)14(20)8-4-25-12(15(8)24-11)3-7-9(18(25)27)5-29-19(28)16(7)26/h1-3,16,26H,4-6,23H2. The van der Waals surface area contributed by atoms with E-state index in [1.54, 1.807) is 12.1 Å². The van der Waals surface area contributed by atoms with E-state index in [9.17, 15) is 14.7 Å². The van der Waals surface area contributed by atoms with Crippen LogP contribution in [0.25, 0.3) is 22.3 Å². The number of nitrogens with two attached hydrogens (primary N) is 1. The van der Waals surface area contributed by atoms with Gasteiger partial charge in [-0.2, -0.15) is 0 Å². The molecule has 2 aromatic heterocycles. The SMILES string of the molecule is Nc1ccc2nc3c(c4c2c1SCC4(F)F)Cn1c-3cc2c(c1=O)COC(=O)C2O. The van der Waals surface area contributed by atoms with Crippen LogP contribution in [0.5, 0.6) is 0 Å². The van der Waals surface area contributed by atoms with Gasteiger partial charge in [-0.3, -0.25) is 4.79 Å². The summed E-state index contributed by atoms with van der Waals surface area (Å²) >= 11 is 0.998. The summed E-state index contributed by atoms with van der Waals surface area (Å²) in [5.41, 5.74) is 7.25. The number of nitrogen functional groups attached to an aromatic ring is 1. The molecule has 3 aliphatic heterocycles. The van der Waals surface area contributed by atoms with Crippen LogP contribution in [0.3, 0.4) is 0 Å². The van der Waals surface area contributed by atoms with Gasteiger partial charge in [-0.15, -0.1) is 11.8 Å². The largest absolute Gasteiger partial charge is 0.458 e. The van der Waals surface area contributed by atoms with Crippen LogP contribution in [0.2, 0.25) is 0 Å². The van der Waals surface area contributed by atoms with Crippen LogP contribution in [0.4, 0.5) is 14.5 Å². The highest BCUT2D eigenvalue weighted by atomic mass is 32.2. The number of alkyl halides is 2. The Morgan fingerprint density at radius 2 is 2.10 bits per heavy atom. The number of carbonyl (C=O) groups excluding carboxylic acids is 1. The van der Waals surface area contributed by atoms with E-state index in [1.165, 1.54) is 10.6 Å². The average Bonchev–Trinajstić information content (AvgIpc) is 3.07. The van der Waals surface area contributed by atoms with Crippen molar-refractivity contribution in [1.29, 1.82) is 0 Å². The molecule has 30 heavy (non-hydrogen) atoms. The quantitative estimate of drug-likeness (QED) is 0.326. The third-order valence-corrected chi connectivity index (χ3v) is 7.11. The predicted octanol–water partition coefficient (Wildman–Crippen LogP) is 2.30. The minimum absolute atomic E-state index is 0.0758. The van der Waals surface area contributed by atoms with E-state index in [1.807, 2.05) is 0 Å². The van der Waals surface area contributed by atoms with Gasteiger partial charge in [-0.1, -0.05) is 0 Å². The smallest absolute Gasteiger partial charge is 0.340 e. The lowest BCUT2D eigenvalue weighted by Crippen LogP contribution is -2.32. The number of cyclic esters (lactones) is 1. The number of nitrogens with zero attached hydrogens (tertiary/aromatic N) is 2. The van der Waals surface area contributed by atoms with Gasteiger partial charge in [0.2, 0.25) is 0 Å². The molecule has 5 heterocycles. The summed E-state index contributed by atoms with van der Waals surface area (Å²) in [6, 6.07) is 4.70. The molecule has 0 saturated heterocycles. The minimum atomic E-state index is -3.12. The number of pyridine rings is 2. The Morgan fingerprint density at radius 1 is 1.30 bits per heavy atom. The molecule has 3 aliphatic rings. The van der Waals surface area contributed by atoms with Gasteiger partial charge in [0, 0.05) is 32.7 Å².